The number of carbonyl (C=O) groups is 1. The maximum atomic E-state index is 11.5. The summed E-state index contributed by atoms with van der Waals surface area (Å²) in [5.74, 6) is 0.592. The average Bonchev–Trinajstić information content (AvgIpc) is 3.09. The normalized spacial score (nSPS) is 13.0. The number of methoxy groups -OCH3 is 1. The molecule has 0 fully saturated rings. The van der Waals surface area contributed by atoms with Gasteiger partial charge in [0.05, 0.1) is 12.7 Å². The highest BCUT2D eigenvalue weighted by Crippen LogP contribution is 2.27. The van der Waals surface area contributed by atoms with Crippen molar-refractivity contribution >= 4 is 41.6 Å². The van der Waals surface area contributed by atoms with E-state index in [1.807, 2.05) is 19.2 Å². The first-order valence-electron chi connectivity index (χ1n) is 8.46. The molecular weight excluding hydrogens is 441 g/mol. The van der Waals surface area contributed by atoms with Crippen LogP contribution in [0.25, 0.3) is 0 Å². The zero-order chi connectivity index (χ0) is 17.6. The lowest BCUT2D eigenvalue weighted by Crippen LogP contribution is -2.41. The highest BCUT2D eigenvalue weighted by atomic mass is 127. The van der Waals surface area contributed by atoms with Crippen LogP contribution >= 0.6 is 24.0 Å². The lowest BCUT2D eigenvalue weighted by molar-refractivity contribution is 0.0600. The summed E-state index contributed by atoms with van der Waals surface area (Å²) in [6.45, 7) is 1.73. The van der Waals surface area contributed by atoms with Gasteiger partial charge in [-0.3, -0.25) is 4.99 Å². The molecule has 0 radical (unpaired) electrons. The molecular formula is C20H24IN3O2. The zero-order valence-corrected chi connectivity index (χ0v) is 17.4. The van der Waals surface area contributed by atoms with Crippen LogP contribution in [0.2, 0.25) is 0 Å². The van der Waals surface area contributed by atoms with Gasteiger partial charge >= 0.3 is 5.97 Å². The number of nitrogens with one attached hydrogen (secondary N) is 1. The molecule has 1 N–H and O–H groups in total. The second-order valence-corrected chi connectivity index (χ2v) is 5.94. The van der Waals surface area contributed by atoms with Gasteiger partial charge in [0.25, 0.3) is 0 Å². The maximum absolute atomic E-state index is 11.5. The molecule has 0 saturated carbocycles. The number of benzene rings is 2. The number of nitrogens with zero attached hydrogens (tertiary/aromatic N) is 2. The fraction of sp³-hybridized carbons (Fsp3) is 0.300. The molecule has 2 aromatic rings. The molecule has 0 saturated heterocycles. The summed E-state index contributed by atoms with van der Waals surface area (Å²) >= 11 is 0. The smallest absolute Gasteiger partial charge is 0.337 e. The number of esters is 1. The van der Waals surface area contributed by atoms with Crippen molar-refractivity contribution in [3.8, 4) is 0 Å². The van der Waals surface area contributed by atoms with Crippen molar-refractivity contribution in [2.24, 2.45) is 4.99 Å². The maximum Gasteiger partial charge on any atom is 0.337 e. The Kier molecular flexibility index (Phi) is 7.44. The highest BCUT2D eigenvalue weighted by molar-refractivity contribution is 14.0. The van der Waals surface area contributed by atoms with Crippen LogP contribution in [0.5, 0.6) is 0 Å². The molecule has 0 amide bonds. The van der Waals surface area contributed by atoms with Gasteiger partial charge in [0, 0.05) is 25.8 Å². The van der Waals surface area contributed by atoms with Crippen LogP contribution in [-0.4, -0.2) is 39.2 Å². The SMILES string of the molecule is CN=C(NCCc1ccc(C(=O)OC)cc1)N1CCc2ccccc21.I. The first kappa shape index (κ1) is 20.2. The fourth-order valence-corrected chi connectivity index (χ4v) is 3.10. The number of carbonyl (C=O) groups excluding carboxylic acids is 1. The predicted octanol–water partition coefficient (Wildman–Crippen LogP) is 3.27. The number of ether oxygens (including phenoxy) is 1. The van der Waals surface area contributed by atoms with Crippen molar-refractivity contribution in [3.63, 3.8) is 0 Å². The summed E-state index contributed by atoms with van der Waals surface area (Å²) in [4.78, 5) is 18.1. The lowest BCUT2D eigenvalue weighted by atomic mass is 10.1. The van der Waals surface area contributed by atoms with E-state index < -0.39 is 0 Å². The summed E-state index contributed by atoms with van der Waals surface area (Å²) in [6, 6.07) is 16.0. The van der Waals surface area contributed by atoms with E-state index in [4.69, 9.17) is 4.74 Å². The van der Waals surface area contributed by atoms with Crippen molar-refractivity contribution in [3.05, 3.63) is 65.2 Å². The van der Waals surface area contributed by atoms with Crippen molar-refractivity contribution < 1.29 is 9.53 Å². The minimum Gasteiger partial charge on any atom is -0.465 e. The Hall–Kier alpha value is -2.09. The van der Waals surface area contributed by atoms with Gasteiger partial charge in [0.15, 0.2) is 5.96 Å². The van der Waals surface area contributed by atoms with Gasteiger partial charge < -0.3 is 15.0 Å². The molecule has 1 aliphatic rings. The third kappa shape index (κ3) is 4.55. The number of anilines is 1. The molecule has 0 spiro atoms. The minimum atomic E-state index is -0.308. The van der Waals surface area contributed by atoms with E-state index in [0.717, 1.165) is 37.5 Å². The molecule has 1 aliphatic heterocycles. The number of hydrogen-bond donors (Lipinski definition) is 1. The second kappa shape index (κ2) is 9.56. The number of para-hydroxylation sites is 1. The first-order chi connectivity index (χ1) is 12.2. The quantitative estimate of drug-likeness (QED) is 0.326. The number of aliphatic imine (C=N–C) groups is 1. The summed E-state index contributed by atoms with van der Waals surface area (Å²) in [5, 5.41) is 3.43. The largest absolute Gasteiger partial charge is 0.465 e. The minimum absolute atomic E-state index is 0. The number of rotatable bonds is 4. The molecule has 5 nitrogen and oxygen atoms in total. The summed E-state index contributed by atoms with van der Waals surface area (Å²) in [5.41, 5.74) is 4.34. The fourth-order valence-electron chi connectivity index (χ4n) is 3.10. The molecule has 0 bridgehead atoms. The molecule has 2 aromatic carbocycles. The predicted molar refractivity (Wildman–Crippen MR) is 116 cm³/mol. The monoisotopic (exact) mass is 465 g/mol. The molecule has 26 heavy (non-hydrogen) atoms. The van der Waals surface area contributed by atoms with Crippen molar-refractivity contribution in [1.29, 1.82) is 0 Å². The van der Waals surface area contributed by atoms with E-state index in [9.17, 15) is 4.79 Å². The summed E-state index contributed by atoms with van der Waals surface area (Å²) < 4.78 is 4.72. The third-order valence-corrected chi connectivity index (χ3v) is 4.43. The van der Waals surface area contributed by atoms with E-state index >= 15 is 0 Å². The van der Waals surface area contributed by atoms with E-state index in [2.05, 4.69) is 39.5 Å². The van der Waals surface area contributed by atoms with Crippen LogP contribution in [0, 0.1) is 0 Å². The van der Waals surface area contributed by atoms with E-state index in [1.165, 1.54) is 18.4 Å². The second-order valence-electron chi connectivity index (χ2n) is 5.94. The number of halogens is 1. The highest BCUT2D eigenvalue weighted by Gasteiger charge is 2.22. The van der Waals surface area contributed by atoms with Gasteiger partial charge in [0.2, 0.25) is 0 Å². The number of fused-ring (bicyclic) bond motifs is 1. The Labute approximate surface area is 171 Å². The van der Waals surface area contributed by atoms with Crippen LogP contribution in [0.4, 0.5) is 5.69 Å². The summed E-state index contributed by atoms with van der Waals surface area (Å²) in [7, 11) is 3.21. The van der Waals surface area contributed by atoms with Gasteiger partial charge in [-0.05, 0) is 42.2 Å². The molecule has 1 heterocycles. The van der Waals surface area contributed by atoms with Crippen LogP contribution < -0.4 is 10.2 Å². The van der Waals surface area contributed by atoms with Gasteiger partial charge in [-0.1, -0.05) is 30.3 Å². The third-order valence-electron chi connectivity index (χ3n) is 4.43. The Morgan fingerprint density at radius 3 is 2.62 bits per heavy atom. The lowest BCUT2D eigenvalue weighted by Gasteiger charge is -2.22. The van der Waals surface area contributed by atoms with Gasteiger partial charge in [-0.15, -0.1) is 24.0 Å². The molecule has 6 heteroatoms. The molecule has 0 unspecified atom stereocenters. The van der Waals surface area contributed by atoms with Gasteiger partial charge in [0.1, 0.15) is 0 Å². The standard InChI is InChI=1S/C20H23N3O2.HI/c1-21-20(23-14-12-16-5-3-4-6-18(16)23)22-13-11-15-7-9-17(10-8-15)19(24)25-2;/h3-10H,11-14H2,1-2H3,(H,21,22);1H. The van der Waals surface area contributed by atoms with E-state index in [-0.39, 0.29) is 29.9 Å². The Morgan fingerprint density at radius 2 is 1.92 bits per heavy atom. The molecule has 0 atom stereocenters. The van der Waals surface area contributed by atoms with Crippen molar-refractivity contribution in [1.82, 2.24) is 5.32 Å². The Morgan fingerprint density at radius 1 is 1.19 bits per heavy atom. The van der Waals surface area contributed by atoms with Gasteiger partial charge in [-0.2, -0.15) is 0 Å². The van der Waals surface area contributed by atoms with E-state index in [0.29, 0.717) is 5.56 Å². The Balaban J connectivity index is 0.00000243. The molecule has 138 valence electrons. The van der Waals surface area contributed by atoms with Crippen LogP contribution in [-0.2, 0) is 17.6 Å². The number of hydrogen-bond acceptors (Lipinski definition) is 3. The van der Waals surface area contributed by atoms with Crippen molar-refractivity contribution in [2.45, 2.75) is 12.8 Å². The van der Waals surface area contributed by atoms with Gasteiger partial charge in [-0.25, -0.2) is 4.79 Å². The first-order valence-corrected chi connectivity index (χ1v) is 8.46. The summed E-state index contributed by atoms with van der Waals surface area (Å²) in [6.07, 6.45) is 1.90. The molecule has 0 aromatic heterocycles. The van der Waals surface area contributed by atoms with Crippen molar-refractivity contribution in [2.75, 3.05) is 32.1 Å². The zero-order valence-electron chi connectivity index (χ0n) is 15.1. The van der Waals surface area contributed by atoms with Crippen LogP contribution in [0.3, 0.4) is 0 Å². The van der Waals surface area contributed by atoms with Crippen LogP contribution in [0.15, 0.2) is 53.5 Å². The van der Waals surface area contributed by atoms with Crippen LogP contribution in [0.1, 0.15) is 21.5 Å². The average molecular weight is 465 g/mol. The topological polar surface area (TPSA) is 53.9 Å². The molecule has 0 aliphatic carbocycles. The Bertz CT molecular complexity index is 775. The number of guanidine groups is 1. The molecule has 3 rings (SSSR count). The van der Waals surface area contributed by atoms with E-state index in [1.54, 1.807) is 12.1 Å².